The van der Waals surface area contributed by atoms with E-state index in [0.29, 0.717) is 29.3 Å². The minimum absolute atomic E-state index is 0.0163. The van der Waals surface area contributed by atoms with E-state index in [1.165, 1.54) is 4.68 Å². The van der Waals surface area contributed by atoms with E-state index in [4.69, 9.17) is 0 Å². The number of hydrogen-bond acceptors (Lipinski definition) is 4. The molecule has 0 radical (unpaired) electrons. The van der Waals surface area contributed by atoms with Crippen LogP contribution in [0.1, 0.15) is 60.5 Å². The number of benzene rings is 2. The van der Waals surface area contributed by atoms with Crippen molar-refractivity contribution in [2.24, 2.45) is 0 Å². The molecule has 2 aromatic carbocycles. The molecule has 2 amide bonds. The van der Waals surface area contributed by atoms with E-state index >= 15 is 0 Å². The molecular formula is C23H26N4O3. The van der Waals surface area contributed by atoms with Crippen LogP contribution in [-0.4, -0.2) is 21.6 Å². The summed E-state index contributed by atoms with van der Waals surface area (Å²) in [6.07, 6.45) is 0.702. The maximum atomic E-state index is 12.7. The van der Waals surface area contributed by atoms with Crippen LogP contribution in [0.15, 0.2) is 53.3 Å². The number of carbonyl (C=O) groups excluding carboxylic acids is 2. The molecule has 156 valence electrons. The third kappa shape index (κ3) is 4.40. The molecule has 1 heterocycles. The number of amides is 2. The molecule has 7 heteroatoms. The summed E-state index contributed by atoms with van der Waals surface area (Å²) in [6.45, 7) is 8.61. The van der Waals surface area contributed by atoms with Crippen molar-refractivity contribution in [3.63, 3.8) is 0 Å². The smallest absolute Gasteiger partial charge is 0.267 e. The first-order valence-electron chi connectivity index (χ1n) is 9.93. The second-order valence-corrected chi connectivity index (χ2v) is 8.16. The van der Waals surface area contributed by atoms with Gasteiger partial charge in [0.1, 0.15) is 0 Å². The van der Waals surface area contributed by atoms with Crippen LogP contribution in [0.4, 0.5) is 0 Å². The maximum absolute atomic E-state index is 12.7. The molecule has 7 nitrogen and oxygen atoms in total. The van der Waals surface area contributed by atoms with E-state index in [1.807, 2.05) is 19.1 Å². The minimum Gasteiger partial charge on any atom is -0.267 e. The Hall–Kier alpha value is -3.48. The molecule has 3 rings (SSSR count). The van der Waals surface area contributed by atoms with E-state index in [0.717, 1.165) is 5.56 Å². The number of fused-ring (bicyclic) bond motifs is 1. The molecule has 30 heavy (non-hydrogen) atoms. The van der Waals surface area contributed by atoms with Crippen molar-refractivity contribution in [1.82, 2.24) is 20.6 Å². The van der Waals surface area contributed by atoms with Crippen molar-refractivity contribution in [1.29, 1.82) is 0 Å². The summed E-state index contributed by atoms with van der Waals surface area (Å²) < 4.78 is 1.28. The number of hydrazine groups is 1. The highest BCUT2D eigenvalue weighted by Gasteiger charge is 2.18. The normalized spacial score (nSPS) is 11.3. The lowest BCUT2D eigenvalue weighted by molar-refractivity contribution is 0.0843. The molecule has 0 unspecified atom stereocenters. The largest absolute Gasteiger partial charge is 0.290 e. The summed E-state index contributed by atoms with van der Waals surface area (Å²) >= 11 is 0. The number of rotatable bonds is 4. The average Bonchev–Trinajstić information content (AvgIpc) is 2.73. The second-order valence-electron chi connectivity index (χ2n) is 8.16. The quantitative estimate of drug-likeness (QED) is 0.651. The Morgan fingerprint density at radius 1 is 0.933 bits per heavy atom. The predicted molar refractivity (Wildman–Crippen MR) is 116 cm³/mol. The van der Waals surface area contributed by atoms with Crippen LogP contribution in [0.25, 0.3) is 10.8 Å². The Bertz CT molecular complexity index is 1140. The number of carbonyl (C=O) groups is 2. The summed E-state index contributed by atoms with van der Waals surface area (Å²) in [4.78, 5) is 37.7. The number of hydrogen-bond donors (Lipinski definition) is 2. The van der Waals surface area contributed by atoms with Gasteiger partial charge in [-0.1, -0.05) is 58.0 Å². The van der Waals surface area contributed by atoms with Crippen LogP contribution in [0.2, 0.25) is 0 Å². The van der Waals surface area contributed by atoms with Crippen LogP contribution in [0.5, 0.6) is 0 Å². The maximum Gasteiger partial charge on any atom is 0.290 e. The van der Waals surface area contributed by atoms with E-state index in [1.54, 1.807) is 36.4 Å². The Balaban J connectivity index is 1.81. The SMILES string of the molecule is CCCn1nc(C(=O)NNC(=O)c2ccc(C(C)(C)C)cc2)c2ccccc2c1=O. The van der Waals surface area contributed by atoms with Gasteiger partial charge in [0.15, 0.2) is 5.69 Å². The van der Waals surface area contributed by atoms with Gasteiger partial charge >= 0.3 is 0 Å². The van der Waals surface area contributed by atoms with Gasteiger partial charge < -0.3 is 0 Å². The van der Waals surface area contributed by atoms with Gasteiger partial charge in [-0.25, -0.2) is 4.68 Å². The first-order valence-corrected chi connectivity index (χ1v) is 9.93. The van der Waals surface area contributed by atoms with Crippen LogP contribution in [0, 0.1) is 0 Å². The number of aryl methyl sites for hydroxylation is 1. The summed E-state index contributed by atoms with van der Waals surface area (Å²) in [5.74, 6) is -1.02. The second kappa shape index (κ2) is 8.49. The summed E-state index contributed by atoms with van der Waals surface area (Å²) in [5, 5.41) is 5.07. The van der Waals surface area contributed by atoms with Gasteiger partial charge in [-0.05, 0) is 35.6 Å². The monoisotopic (exact) mass is 406 g/mol. The molecule has 0 aliphatic rings. The molecule has 0 aliphatic carbocycles. The molecule has 1 aromatic heterocycles. The van der Waals surface area contributed by atoms with Crippen molar-refractivity contribution in [3.05, 3.63) is 75.7 Å². The van der Waals surface area contributed by atoms with Gasteiger partial charge in [0, 0.05) is 17.5 Å². The number of aromatic nitrogens is 2. The summed E-state index contributed by atoms with van der Waals surface area (Å²) in [7, 11) is 0. The predicted octanol–water partition coefficient (Wildman–Crippen LogP) is 3.18. The lowest BCUT2D eigenvalue weighted by atomic mass is 9.87. The van der Waals surface area contributed by atoms with Crippen LogP contribution < -0.4 is 16.4 Å². The molecule has 0 bridgehead atoms. The van der Waals surface area contributed by atoms with Crippen molar-refractivity contribution in [3.8, 4) is 0 Å². The van der Waals surface area contributed by atoms with E-state index in [9.17, 15) is 14.4 Å². The Morgan fingerprint density at radius 3 is 2.13 bits per heavy atom. The van der Waals surface area contributed by atoms with Gasteiger partial charge in [0.05, 0.1) is 5.39 Å². The summed E-state index contributed by atoms with van der Waals surface area (Å²) in [5.41, 5.74) is 6.19. The van der Waals surface area contributed by atoms with Crippen molar-refractivity contribution in [2.45, 2.75) is 46.1 Å². The molecule has 0 atom stereocenters. The molecule has 0 saturated carbocycles. The highest BCUT2D eigenvalue weighted by Crippen LogP contribution is 2.22. The third-order valence-electron chi connectivity index (χ3n) is 4.82. The van der Waals surface area contributed by atoms with Gasteiger partial charge in [0.2, 0.25) is 0 Å². The van der Waals surface area contributed by atoms with Gasteiger partial charge in [0.25, 0.3) is 17.4 Å². The van der Waals surface area contributed by atoms with Crippen LogP contribution >= 0.6 is 0 Å². The lowest BCUT2D eigenvalue weighted by Crippen LogP contribution is -2.42. The fourth-order valence-corrected chi connectivity index (χ4v) is 3.13. The molecule has 0 saturated heterocycles. The van der Waals surface area contributed by atoms with Crippen molar-refractivity contribution < 1.29 is 9.59 Å². The zero-order valence-electron chi connectivity index (χ0n) is 17.7. The minimum atomic E-state index is -0.587. The Labute approximate surface area is 175 Å². The van der Waals surface area contributed by atoms with Gasteiger partial charge in [-0.3, -0.25) is 25.2 Å². The molecule has 0 aliphatic heterocycles. The molecular weight excluding hydrogens is 380 g/mol. The highest BCUT2D eigenvalue weighted by molar-refractivity contribution is 6.06. The fraction of sp³-hybridized carbons (Fsp3) is 0.304. The van der Waals surface area contributed by atoms with E-state index < -0.39 is 11.8 Å². The molecule has 2 N–H and O–H groups in total. The lowest BCUT2D eigenvalue weighted by Gasteiger charge is -2.19. The molecule has 3 aromatic rings. The highest BCUT2D eigenvalue weighted by atomic mass is 16.2. The van der Waals surface area contributed by atoms with E-state index in [-0.39, 0.29) is 16.7 Å². The zero-order valence-corrected chi connectivity index (χ0v) is 17.7. The topological polar surface area (TPSA) is 93.1 Å². The summed E-state index contributed by atoms with van der Waals surface area (Å²) in [6, 6.07) is 14.0. The first-order chi connectivity index (χ1) is 14.2. The van der Waals surface area contributed by atoms with Crippen LogP contribution in [0.3, 0.4) is 0 Å². The molecule has 0 spiro atoms. The standard InChI is InChI=1S/C23H26N4O3/c1-5-14-27-22(30)18-9-7-6-8-17(18)19(26-27)21(29)25-24-20(28)15-10-12-16(13-11-15)23(2,3)4/h6-13H,5,14H2,1-4H3,(H,24,28)(H,25,29). The first kappa shape index (κ1) is 21.2. The van der Waals surface area contributed by atoms with Gasteiger partial charge in [-0.15, -0.1) is 0 Å². The van der Waals surface area contributed by atoms with Crippen molar-refractivity contribution in [2.75, 3.05) is 0 Å². The average molecular weight is 406 g/mol. The molecule has 0 fully saturated rings. The number of nitrogens with one attached hydrogen (secondary N) is 2. The Kier molecular flexibility index (Phi) is 6.01. The van der Waals surface area contributed by atoms with Gasteiger partial charge in [-0.2, -0.15) is 5.10 Å². The van der Waals surface area contributed by atoms with E-state index in [2.05, 4.69) is 36.7 Å². The fourth-order valence-electron chi connectivity index (χ4n) is 3.13. The zero-order chi connectivity index (χ0) is 21.9. The third-order valence-corrected chi connectivity index (χ3v) is 4.82. The Morgan fingerprint density at radius 2 is 1.53 bits per heavy atom. The van der Waals surface area contributed by atoms with Crippen LogP contribution in [-0.2, 0) is 12.0 Å². The van der Waals surface area contributed by atoms with Crippen molar-refractivity contribution >= 4 is 22.6 Å². The number of nitrogens with zero attached hydrogens (tertiary/aromatic N) is 2.